The van der Waals surface area contributed by atoms with Crippen molar-refractivity contribution in [1.82, 2.24) is 0 Å². The van der Waals surface area contributed by atoms with Crippen LogP contribution in [0.15, 0.2) is 0 Å². The molecule has 2 aliphatic rings. The molecule has 0 radical (unpaired) electrons. The van der Waals surface area contributed by atoms with E-state index in [1.165, 1.54) is 0 Å². The summed E-state index contributed by atoms with van der Waals surface area (Å²) in [5, 5.41) is 49.4. The third kappa shape index (κ3) is 3.44. The number of aliphatic hydroxyl groups is 5. The topological polar surface area (TPSA) is 129 Å². The average molecular weight is 322 g/mol. The van der Waals surface area contributed by atoms with Crippen LogP contribution in [0.4, 0.5) is 0 Å². The molecule has 22 heavy (non-hydrogen) atoms. The number of aliphatic hydroxyl groups excluding tert-OH is 5. The highest BCUT2D eigenvalue weighted by Gasteiger charge is 2.47. The maximum atomic E-state index is 10.2. The molecule has 8 heteroatoms. The van der Waals surface area contributed by atoms with Crippen molar-refractivity contribution < 1.29 is 39.7 Å². The standard InChI is InChI=1S/C14H26O8/c1-5(2)12-13(9(17)7(15)4-20-12)22-14-11(19)10(18)8(16)6(3)21-14/h5-19H,4H2,1-3H3. The minimum absolute atomic E-state index is 0.000760. The average Bonchev–Trinajstić information content (AvgIpc) is 2.46. The molecule has 2 saturated heterocycles. The zero-order chi connectivity index (χ0) is 16.6. The smallest absolute Gasteiger partial charge is 0.187 e. The fourth-order valence-electron chi connectivity index (χ4n) is 2.83. The lowest BCUT2D eigenvalue weighted by molar-refractivity contribution is -0.332. The highest BCUT2D eigenvalue weighted by Crippen LogP contribution is 2.29. The van der Waals surface area contributed by atoms with E-state index in [9.17, 15) is 25.5 Å². The monoisotopic (exact) mass is 322 g/mol. The van der Waals surface area contributed by atoms with E-state index in [4.69, 9.17) is 14.2 Å². The van der Waals surface area contributed by atoms with Crippen LogP contribution in [0, 0.1) is 5.92 Å². The highest BCUT2D eigenvalue weighted by molar-refractivity contribution is 4.92. The molecular weight excluding hydrogens is 296 g/mol. The summed E-state index contributed by atoms with van der Waals surface area (Å²) in [6, 6.07) is 0. The molecule has 0 aromatic rings. The number of ether oxygens (including phenoxy) is 3. The molecule has 2 fully saturated rings. The van der Waals surface area contributed by atoms with Gasteiger partial charge in [0.2, 0.25) is 0 Å². The van der Waals surface area contributed by atoms with Gasteiger partial charge in [0.1, 0.15) is 36.6 Å². The Labute approximate surface area is 129 Å². The van der Waals surface area contributed by atoms with Crippen molar-refractivity contribution in [2.45, 2.75) is 75.9 Å². The number of hydrogen-bond acceptors (Lipinski definition) is 8. The van der Waals surface area contributed by atoms with Gasteiger partial charge in [-0.2, -0.15) is 0 Å². The van der Waals surface area contributed by atoms with Gasteiger partial charge >= 0.3 is 0 Å². The first-order valence-corrected chi connectivity index (χ1v) is 7.57. The fraction of sp³-hybridized carbons (Fsp3) is 1.00. The molecule has 2 rings (SSSR count). The SMILES string of the molecule is CC(C)C1OCC(O)C(O)C1OC1OC(C)C(O)C(O)C1O. The van der Waals surface area contributed by atoms with Crippen LogP contribution in [0.5, 0.6) is 0 Å². The van der Waals surface area contributed by atoms with E-state index in [1.54, 1.807) is 6.92 Å². The van der Waals surface area contributed by atoms with Gasteiger partial charge in [0, 0.05) is 0 Å². The van der Waals surface area contributed by atoms with Crippen LogP contribution >= 0.6 is 0 Å². The maximum Gasteiger partial charge on any atom is 0.187 e. The summed E-state index contributed by atoms with van der Waals surface area (Å²) < 4.78 is 16.5. The molecule has 0 saturated carbocycles. The van der Waals surface area contributed by atoms with E-state index in [2.05, 4.69) is 0 Å². The summed E-state index contributed by atoms with van der Waals surface area (Å²) in [7, 11) is 0. The molecule has 9 unspecified atom stereocenters. The number of hydrogen-bond donors (Lipinski definition) is 5. The van der Waals surface area contributed by atoms with E-state index >= 15 is 0 Å². The van der Waals surface area contributed by atoms with Crippen LogP contribution in [0.2, 0.25) is 0 Å². The van der Waals surface area contributed by atoms with Gasteiger partial charge < -0.3 is 39.7 Å². The fourth-order valence-corrected chi connectivity index (χ4v) is 2.83. The normalized spacial score (nSPS) is 50.3. The first-order valence-electron chi connectivity index (χ1n) is 7.57. The number of rotatable bonds is 3. The minimum Gasteiger partial charge on any atom is -0.388 e. The molecule has 130 valence electrons. The first kappa shape index (κ1) is 18.0. The first-order chi connectivity index (χ1) is 10.2. The van der Waals surface area contributed by atoms with Gasteiger partial charge in [0.15, 0.2) is 6.29 Å². The highest BCUT2D eigenvalue weighted by atomic mass is 16.7. The quantitative estimate of drug-likeness (QED) is 0.403. The van der Waals surface area contributed by atoms with Crippen LogP contribution in [-0.4, -0.2) is 87.3 Å². The van der Waals surface area contributed by atoms with E-state index in [1.807, 2.05) is 13.8 Å². The Hall–Kier alpha value is -0.320. The Kier molecular flexibility index (Phi) is 5.79. The Balaban J connectivity index is 2.11. The van der Waals surface area contributed by atoms with E-state index in [0.717, 1.165) is 0 Å². The van der Waals surface area contributed by atoms with Gasteiger partial charge in [-0.3, -0.25) is 0 Å². The maximum absolute atomic E-state index is 10.2. The Morgan fingerprint density at radius 3 is 2.18 bits per heavy atom. The van der Waals surface area contributed by atoms with Crippen molar-refractivity contribution in [2.24, 2.45) is 5.92 Å². The molecule has 5 N–H and O–H groups in total. The third-order valence-electron chi connectivity index (χ3n) is 4.27. The molecule has 0 aliphatic carbocycles. The second-order valence-electron chi connectivity index (χ2n) is 6.38. The van der Waals surface area contributed by atoms with Crippen LogP contribution in [0.1, 0.15) is 20.8 Å². The van der Waals surface area contributed by atoms with Crippen LogP contribution in [0.25, 0.3) is 0 Å². The molecule has 0 aromatic heterocycles. The van der Waals surface area contributed by atoms with Gasteiger partial charge in [-0.1, -0.05) is 13.8 Å². The lowest BCUT2D eigenvalue weighted by atomic mass is 9.92. The molecule has 0 aromatic carbocycles. The van der Waals surface area contributed by atoms with Crippen LogP contribution in [0.3, 0.4) is 0 Å². The van der Waals surface area contributed by atoms with Crippen molar-refractivity contribution in [3.05, 3.63) is 0 Å². The van der Waals surface area contributed by atoms with Gasteiger partial charge in [0.05, 0.1) is 18.8 Å². The van der Waals surface area contributed by atoms with E-state index in [0.29, 0.717) is 0 Å². The summed E-state index contributed by atoms with van der Waals surface area (Å²) >= 11 is 0. The van der Waals surface area contributed by atoms with Crippen LogP contribution in [-0.2, 0) is 14.2 Å². The van der Waals surface area contributed by atoms with Crippen molar-refractivity contribution >= 4 is 0 Å². The summed E-state index contributed by atoms with van der Waals surface area (Å²) in [5.41, 5.74) is 0. The van der Waals surface area contributed by atoms with Gasteiger partial charge in [0.25, 0.3) is 0 Å². The molecule has 0 amide bonds. The summed E-state index contributed by atoms with van der Waals surface area (Å²) in [5.74, 6) is 0.000760. The van der Waals surface area contributed by atoms with E-state index < -0.39 is 55.1 Å². The molecule has 0 spiro atoms. The van der Waals surface area contributed by atoms with Crippen molar-refractivity contribution in [2.75, 3.05) is 6.61 Å². The van der Waals surface area contributed by atoms with Gasteiger partial charge in [-0.25, -0.2) is 0 Å². The van der Waals surface area contributed by atoms with Crippen molar-refractivity contribution in [3.63, 3.8) is 0 Å². The summed E-state index contributed by atoms with van der Waals surface area (Å²) in [6.45, 7) is 5.30. The summed E-state index contributed by atoms with van der Waals surface area (Å²) in [4.78, 5) is 0. The summed E-state index contributed by atoms with van der Waals surface area (Å²) in [6.07, 6.45) is -9.80. The third-order valence-corrected chi connectivity index (χ3v) is 4.27. The molecule has 2 heterocycles. The largest absolute Gasteiger partial charge is 0.388 e. The second kappa shape index (κ2) is 7.06. The lowest BCUT2D eigenvalue weighted by Gasteiger charge is -2.45. The van der Waals surface area contributed by atoms with Gasteiger partial charge in [-0.15, -0.1) is 0 Å². The Bertz CT molecular complexity index is 365. The molecule has 2 aliphatic heterocycles. The second-order valence-corrected chi connectivity index (χ2v) is 6.38. The lowest BCUT2D eigenvalue weighted by Crippen LogP contribution is -2.62. The molecular formula is C14H26O8. The van der Waals surface area contributed by atoms with Gasteiger partial charge in [-0.05, 0) is 12.8 Å². The minimum atomic E-state index is -1.47. The Morgan fingerprint density at radius 2 is 1.59 bits per heavy atom. The zero-order valence-corrected chi connectivity index (χ0v) is 12.9. The van der Waals surface area contributed by atoms with Crippen molar-refractivity contribution in [3.8, 4) is 0 Å². The molecule has 0 bridgehead atoms. The van der Waals surface area contributed by atoms with Crippen molar-refractivity contribution in [1.29, 1.82) is 0 Å². The predicted molar refractivity (Wildman–Crippen MR) is 73.8 cm³/mol. The zero-order valence-electron chi connectivity index (χ0n) is 12.9. The van der Waals surface area contributed by atoms with Crippen LogP contribution < -0.4 is 0 Å². The predicted octanol–water partition coefficient (Wildman–Crippen LogP) is -2.02. The molecule has 8 nitrogen and oxygen atoms in total. The molecule has 9 atom stereocenters. The Morgan fingerprint density at radius 1 is 0.955 bits per heavy atom. The van der Waals surface area contributed by atoms with E-state index in [-0.39, 0.29) is 12.5 Å².